The van der Waals surface area contributed by atoms with Crippen molar-refractivity contribution < 1.29 is 26.8 Å². The Bertz CT molecular complexity index is 1310. The van der Waals surface area contributed by atoms with Crippen LogP contribution in [0.15, 0.2) is 71.6 Å². The smallest absolute Gasteiger partial charge is 0.261 e. The summed E-state index contributed by atoms with van der Waals surface area (Å²) in [6, 6.07) is 15.0. The molecule has 0 fully saturated rings. The lowest BCUT2D eigenvalue weighted by Gasteiger charge is -2.21. The number of nitrogens with one attached hydrogen (secondary N) is 2. The minimum Gasteiger partial charge on any atom is -0.339 e. The average molecular weight is 488 g/mol. The number of nitrogens with zero attached hydrogens (tertiary/aromatic N) is 1. The van der Waals surface area contributed by atoms with Crippen LogP contribution in [0.4, 0.5) is 20.2 Å². The van der Waals surface area contributed by atoms with Crippen LogP contribution in [0.25, 0.3) is 0 Å². The first-order valence-corrected chi connectivity index (χ1v) is 11.8. The van der Waals surface area contributed by atoms with E-state index in [4.69, 9.17) is 0 Å². The maximum atomic E-state index is 13.4. The molecule has 3 aromatic rings. The zero-order valence-electron chi connectivity index (χ0n) is 18.5. The van der Waals surface area contributed by atoms with Gasteiger partial charge >= 0.3 is 0 Å². The summed E-state index contributed by atoms with van der Waals surface area (Å²) >= 11 is 0. The molecule has 7 nitrogen and oxygen atoms in total. The molecule has 0 aliphatic rings. The van der Waals surface area contributed by atoms with Crippen LogP contribution < -0.4 is 10.0 Å². The Morgan fingerprint density at radius 3 is 2.24 bits per heavy atom. The third kappa shape index (κ3) is 5.96. The number of para-hydroxylation sites is 1. The van der Waals surface area contributed by atoms with Crippen molar-refractivity contribution in [3.63, 3.8) is 0 Å². The van der Waals surface area contributed by atoms with E-state index in [0.717, 1.165) is 17.7 Å². The van der Waals surface area contributed by atoms with Gasteiger partial charge in [-0.3, -0.25) is 14.3 Å². The molecule has 0 heterocycles. The van der Waals surface area contributed by atoms with Crippen molar-refractivity contribution in [1.29, 1.82) is 0 Å². The second-order valence-electron chi connectivity index (χ2n) is 7.40. The summed E-state index contributed by atoms with van der Waals surface area (Å²) in [5.74, 6) is -2.93. The highest BCUT2D eigenvalue weighted by Crippen LogP contribution is 2.21. The van der Waals surface area contributed by atoms with Gasteiger partial charge in [0.2, 0.25) is 5.91 Å². The molecule has 2 amide bonds. The number of carbonyl (C=O) groups is 2. The fourth-order valence-corrected chi connectivity index (χ4v) is 4.24. The van der Waals surface area contributed by atoms with Gasteiger partial charge in [-0.15, -0.1) is 0 Å². The molecule has 0 spiro atoms. The summed E-state index contributed by atoms with van der Waals surface area (Å²) in [5.41, 5.74) is 1.73. The maximum Gasteiger partial charge on any atom is 0.261 e. The molecule has 2 N–H and O–H groups in total. The van der Waals surface area contributed by atoms with Gasteiger partial charge in [-0.05, 0) is 61.0 Å². The number of carbonyl (C=O) groups excluding carboxylic acids is 2. The van der Waals surface area contributed by atoms with Crippen LogP contribution in [0.1, 0.15) is 29.8 Å². The number of sulfonamides is 1. The van der Waals surface area contributed by atoms with E-state index in [0.29, 0.717) is 24.8 Å². The van der Waals surface area contributed by atoms with E-state index in [9.17, 15) is 26.8 Å². The summed E-state index contributed by atoms with van der Waals surface area (Å²) in [5, 5.41) is 2.81. The fourth-order valence-electron chi connectivity index (χ4n) is 3.17. The van der Waals surface area contributed by atoms with Gasteiger partial charge in [0, 0.05) is 37.0 Å². The van der Waals surface area contributed by atoms with Gasteiger partial charge in [0.15, 0.2) is 11.6 Å². The predicted molar refractivity (Wildman–Crippen MR) is 125 cm³/mol. The van der Waals surface area contributed by atoms with Crippen LogP contribution in [0.2, 0.25) is 0 Å². The van der Waals surface area contributed by atoms with E-state index >= 15 is 0 Å². The Balaban J connectivity index is 1.73. The Labute approximate surface area is 196 Å². The van der Waals surface area contributed by atoms with Gasteiger partial charge in [0.1, 0.15) is 0 Å². The first kappa shape index (κ1) is 24.8. The third-order valence-electron chi connectivity index (χ3n) is 5.05. The molecule has 0 unspecified atom stereocenters. The summed E-state index contributed by atoms with van der Waals surface area (Å²) < 4.78 is 53.6. The van der Waals surface area contributed by atoms with E-state index in [1.54, 1.807) is 17.0 Å². The molecule has 0 radical (unpaired) electrons. The minimum absolute atomic E-state index is 0.0787. The number of benzene rings is 3. The van der Waals surface area contributed by atoms with Gasteiger partial charge in [0.25, 0.3) is 15.9 Å². The lowest BCUT2D eigenvalue weighted by molar-refractivity contribution is -0.129. The second-order valence-corrected chi connectivity index (χ2v) is 9.09. The highest BCUT2D eigenvalue weighted by atomic mass is 32.2. The van der Waals surface area contributed by atoms with Crippen molar-refractivity contribution in [2.24, 2.45) is 0 Å². The Kier molecular flexibility index (Phi) is 7.62. The van der Waals surface area contributed by atoms with Crippen LogP contribution in [-0.2, 0) is 21.4 Å². The molecule has 0 aliphatic carbocycles. The van der Waals surface area contributed by atoms with Crippen molar-refractivity contribution in [3.8, 4) is 0 Å². The van der Waals surface area contributed by atoms with E-state index in [1.807, 2.05) is 19.1 Å². The lowest BCUT2D eigenvalue weighted by atomic mass is 10.1. The molecule has 3 rings (SSSR count). The third-order valence-corrected chi connectivity index (χ3v) is 6.43. The van der Waals surface area contributed by atoms with Gasteiger partial charge in [-0.2, -0.15) is 0 Å². The van der Waals surface area contributed by atoms with Gasteiger partial charge in [-0.1, -0.05) is 18.2 Å². The normalized spacial score (nSPS) is 11.1. The molecule has 0 atom stereocenters. The molecular formula is C24H23F2N3O4S. The Morgan fingerprint density at radius 2 is 1.62 bits per heavy atom. The Morgan fingerprint density at radius 1 is 0.941 bits per heavy atom. The number of amides is 2. The maximum absolute atomic E-state index is 13.4. The van der Waals surface area contributed by atoms with Crippen LogP contribution >= 0.6 is 0 Å². The molecular weight excluding hydrogens is 464 g/mol. The molecule has 0 aliphatic heterocycles. The highest BCUT2D eigenvalue weighted by Gasteiger charge is 2.17. The van der Waals surface area contributed by atoms with Gasteiger partial charge < -0.3 is 10.2 Å². The molecule has 10 heteroatoms. The summed E-state index contributed by atoms with van der Waals surface area (Å²) in [6.07, 6.45) is 0. The van der Waals surface area contributed by atoms with E-state index < -0.39 is 32.5 Å². The molecule has 0 saturated carbocycles. The van der Waals surface area contributed by atoms with Crippen LogP contribution in [0, 0.1) is 11.6 Å². The number of hydrogen-bond acceptors (Lipinski definition) is 4. The Hall–Kier alpha value is -3.79. The van der Waals surface area contributed by atoms with Crippen LogP contribution in [0.3, 0.4) is 0 Å². The lowest BCUT2D eigenvalue weighted by Crippen LogP contribution is -2.28. The van der Waals surface area contributed by atoms with Crippen molar-refractivity contribution in [2.45, 2.75) is 25.3 Å². The highest BCUT2D eigenvalue weighted by molar-refractivity contribution is 7.92. The predicted octanol–water partition coefficient (Wildman–Crippen LogP) is 4.39. The number of hydrogen-bond donors (Lipinski definition) is 2. The summed E-state index contributed by atoms with van der Waals surface area (Å²) in [4.78, 5) is 25.7. The van der Waals surface area contributed by atoms with E-state index in [-0.39, 0.29) is 17.2 Å². The van der Waals surface area contributed by atoms with Gasteiger partial charge in [-0.25, -0.2) is 17.2 Å². The average Bonchev–Trinajstić information content (AvgIpc) is 2.80. The quantitative estimate of drug-likeness (QED) is 0.493. The first-order valence-electron chi connectivity index (χ1n) is 10.3. The zero-order chi connectivity index (χ0) is 24.9. The second kappa shape index (κ2) is 10.4. The van der Waals surface area contributed by atoms with E-state index in [2.05, 4.69) is 10.0 Å². The monoisotopic (exact) mass is 487 g/mol. The van der Waals surface area contributed by atoms with Crippen LogP contribution in [0.5, 0.6) is 0 Å². The van der Waals surface area contributed by atoms with Crippen molar-refractivity contribution in [3.05, 3.63) is 89.5 Å². The van der Waals surface area contributed by atoms with Crippen LogP contribution in [-0.4, -0.2) is 31.7 Å². The van der Waals surface area contributed by atoms with Gasteiger partial charge in [0.05, 0.1) is 4.90 Å². The molecule has 0 saturated heterocycles. The first-order chi connectivity index (χ1) is 16.1. The topological polar surface area (TPSA) is 95.6 Å². The van der Waals surface area contributed by atoms with Crippen molar-refractivity contribution in [2.75, 3.05) is 16.6 Å². The van der Waals surface area contributed by atoms with E-state index in [1.165, 1.54) is 31.2 Å². The standard InChI is InChI=1S/C24H23F2N3O4S/c1-3-29(16(2)30)15-18-6-4-5-7-23(18)27-24(31)17-8-10-19(11-9-17)28-34(32,33)20-12-13-21(25)22(26)14-20/h4-14,28H,3,15H2,1-2H3,(H,27,31). The summed E-state index contributed by atoms with van der Waals surface area (Å²) in [7, 11) is -4.15. The largest absolute Gasteiger partial charge is 0.339 e. The van der Waals surface area contributed by atoms with Crippen molar-refractivity contribution in [1.82, 2.24) is 4.90 Å². The number of halogens is 2. The zero-order valence-corrected chi connectivity index (χ0v) is 19.3. The molecule has 3 aromatic carbocycles. The molecule has 0 aromatic heterocycles. The minimum atomic E-state index is -4.15. The fraction of sp³-hybridized carbons (Fsp3) is 0.167. The molecule has 0 bridgehead atoms. The summed E-state index contributed by atoms with van der Waals surface area (Å²) in [6.45, 7) is 4.21. The number of anilines is 2. The van der Waals surface area contributed by atoms with Crippen molar-refractivity contribution >= 4 is 33.2 Å². The molecule has 178 valence electrons. The number of rotatable bonds is 8. The SMILES string of the molecule is CCN(Cc1ccccc1NC(=O)c1ccc(NS(=O)(=O)c2ccc(F)c(F)c2)cc1)C(C)=O. The molecule has 34 heavy (non-hydrogen) atoms.